The smallest absolute Gasteiger partial charge is 0.345 e. The van der Waals surface area contributed by atoms with E-state index < -0.39 is 24.0 Å². The van der Waals surface area contributed by atoms with Gasteiger partial charge < -0.3 is 14.9 Å². The summed E-state index contributed by atoms with van der Waals surface area (Å²) in [6.45, 7) is 0. The number of aliphatic hydroxyl groups excluding tert-OH is 1. The van der Waals surface area contributed by atoms with Crippen molar-refractivity contribution < 1.29 is 24.1 Å². The van der Waals surface area contributed by atoms with Crippen molar-refractivity contribution >= 4 is 5.97 Å². The van der Waals surface area contributed by atoms with Crippen LogP contribution >= 0.6 is 0 Å². The molecule has 1 heterocycles. The molecule has 5 heteroatoms. The van der Waals surface area contributed by atoms with Crippen molar-refractivity contribution in [2.75, 3.05) is 0 Å². The van der Waals surface area contributed by atoms with Crippen molar-refractivity contribution in [2.24, 2.45) is 0 Å². The Morgan fingerprint density at radius 2 is 2.27 bits per heavy atom. The molecule has 1 aliphatic heterocycles. The number of hydrogen-bond acceptors (Lipinski definition) is 3. The SMILES string of the molecule is O=C(O)[C@H]1C[C@@H](O)c2ccc(F)cc2O1. The molecule has 1 aromatic carbocycles. The molecule has 0 aromatic heterocycles. The van der Waals surface area contributed by atoms with Crippen molar-refractivity contribution in [1.82, 2.24) is 0 Å². The lowest BCUT2D eigenvalue weighted by Crippen LogP contribution is -2.32. The monoisotopic (exact) mass is 212 g/mol. The Morgan fingerprint density at radius 1 is 1.53 bits per heavy atom. The number of carboxylic acid groups (broad SMARTS) is 1. The fourth-order valence-electron chi connectivity index (χ4n) is 1.57. The summed E-state index contributed by atoms with van der Waals surface area (Å²) in [6, 6.07) is 3.67. The third-order valence-corrected chi connectivity index (χ3v) is 2.32. The average molecular weight is 212 g/mol. The van der Waals surface area contributed by atoms with Gasteiger partial charge in [0.25, 0.3) is 0 Å². The summed E-state index contributed by atoms with van der Waals surface area (Å²) in [6.07, 6.45) is -2.06. The van der Waals surface area contributed by atoms with Gasteiger partial charge >= 0.3 is 5.97 Å². The van der Waals surface area contributed by atoms with Gasteiger partial charge in [0.2, 0.25) is 0 Å². The van der Waals surface area contributed by atoms with Gasteiger partial charge in [-0.1, -0.05) is 0 Å². The first kappa shape index (κ1) is 9.92. The summed E-state index contributed by atoms with van der Waals surface area (Å²) in [5, 5.41) is 18.3. The molecule has 2 rings (SSSR count). The Balaban J connectivity index is 2.37. The van der Waals surface area contributed by atoms with Gasteiger partial charge in [-0.3, -0.25) is 0 Å². The second-order valence-corrected chi connectivity index (χ2v) is 3.38. The van der Waals surface area contributed by atoms with Crippen LogP contribution in [0.4, 0.5) is 4.39 Å². The largest absolute Gasteiger partial charge is 0.479 e. The molecular weight excluding hydrogens is 203 g/mol. The fraction of sp³-hybridized carbons (Fsp3) is 0.300. The number of benzene rings is 1. The van der Waals surface area contributed by atoms with Crippen molar-refractivity contribution in [3.8, 4) is 5.75 Å². The molecular formula is C10H9FO4. The van der Waals surface area contributed by atoms with Gasteiger partial charge in [0.05, 0.1) is 6.10 Å². The molecule has 2 atom stereocenters. The maximum Gasteiger partial charge on any atom is 0.345 e. The second-order valence-electron chi connectivity index (χ2n) is 3.38. The maximum atomic E-state index is 12.8. The minimum Gasteiger partial charge on any atom is -0.479 e. The molecule has 4 nitrogen and oxygen atoms in total. The highest BCUT2D eigenvalue weighted by molar-refractivity contribution is 5.73. The minimum atomic E-state index is -1.16. The van der Waals surface area contributed by atoms with E-state index in [0.717, 1.165) is 6.07 Å². The first-order valence-electron chi connectivity index (χ1n) is 4.45. The third-order valence-electron chi connectivity index (χ3n) is 2.32. The molecule has 0 saturated heterocycles. The molecule has 0 amide bonds. The van der Waals surface area contributed by atoms with Gasteiger partial charge in [-0.2, -0.15) is 0 Å². The van der Waals surface area contributed by atoms with E-state index in [9.17, 15) is 14.3 Å². The Hall–Kier alpha value is -1.62. The average Bonchev–Trinajstić information content (AvgIpc) is 2.16. The third kappa shape index (κ3) is 1.78. The van der Waals surface area contributed by atoms with Crippen LogP contribution in [0.5, 0.6) is 5.75 Å². The van der Waals surface area contributed by atoms with E-state index in [1.165, 1.54) is 12.1 Å². The van der Waals surface area contributed by atoms with Crippen LogP contribution in [0.2, 0.25) is 0 Å². The van der Waals surface area contributed by atoms with Crippen LogP contribution in [0.25, 0.3) is 0 Å². The number of aliphatic carboxylic acids is 1. The highest BCUT2D eigenvalue weighted by atomic mass is 19.1. The molecule has 0 bridgehead atoms. The molecule has 2 N–H and O–H groups in total. The van der Waals surface area contributed by atoms with E-state index in [-0.39, 0.29) is 12.2 Å². The summed E-state index contributed by atoms with van der Waals surface area (Å²) in [7, 11) is 0. The van der Waals surface area contributed by atoms with Crippen LogP contribution < -0.4 is 4.74 Å². The van der Waals surface area contributed by atoms with Crippen LogP contribution in [0.3, 0.4) is 0 Å². The van der Waals surface area contributed by atoms with Crippen molar-refractivity contribution in [3.63, 3.8) is 0 Å². The van der Waals surface area contributed by atoms with Gasteiger partial charge in [0.1, 0.15) is 11.6 Å². The maximum absolute atomic E-state index is 12.8. The molecule has 80 valence electrons. The number of halogens is 1. The van der Waals surface area contributed by atoms with Crippen LogP contribution in [0.15, 0.2) is 18.2 Å². The Bertz CT molecular complexity index is 404. The van der Waals surface area contributed by atoms with Crippen molar-refractivity contribution in [1.29, 1.82) is 0 Å². The van der Waals surface area contributed by atoms with Crippen molar-refractivity contribution in [2.45, 2.75) is 18.6 Å². The van der Waals surface area contributed by atoms with Gasteiger partial charge in [-0.15, -0.1) is 0 Å². The number of carbonyl (C=O) groups is 1. The molecule has 0 unspecified atom stereocenters. The summed E-state index contributed by atoms with van der Waals surface area (Å²) >= 11 is 0. The summed E-state index contributed by atoms with van der Waals surface area (Å²) < 4.78 is 17.9. The fourth-order valence-corrected chi connectivity index (χ4v) is 1.57. The van der Waals surface area contributed by atoms with E-state index in [1.54, 1.807) is 0 Å². The van der Waals surface area contributed by atoms with Gasteiger partial charge in [-0.25, -0.2) is 9.18 Å². The van der Waals surface area contributed by atoms with Crippen molar-refractivity contribution in [3.05, 3.63) is 29.6 Å². The van der Waals surface area contributed by atoms with Gasteiger partial charge in [-0.05, 0) is 12.1 Å². The highest BCUT2D eigenvalue weighted by Gasteiger charge is 2.31. The quantitative estimate of drug-likeness (QED) is 0.731. The predicted octanol–water partition coefficient (Wildman–Crippen LogP) is 1.09. The van der Waals surface area contributed by atoms with E-state index >= 15 is 0 Å². The molecule has 0 aliphatic carbocycles. The van der Waals surface area contributed by atoms with Crippen LogP contribution in [0, 0.1) is 5.82 Å². The van der Waals surface area contributed by atoms with Crippen LogP contribution in [-0.2, 0) is 4.79 Å². The minimum absolute atomic E-state index is 0.0199. The molecule has 0 radical (unpaired) electrons. The standard InChI is InChI=1S/C10H9FO4/c11-5-1-2-6-7(12)4-9(10(13)14)15-8(6)3-5/h1-3,7,9,12H,4H2,(H,13,14)/t7-,9-/m1/s1. The molecule has 1 aliphatic rings. The first-order valence-corrected chi connectivity index (χ1v) is 4.45. The van der Waals surface area contributed by atoms with Gasteiger partial charge in [0.15, 0.2) is 6.10 Å². The van der Waals surface area contributed by atoms with Gasteiger partial charge in [0, 0.05) is 18.1 Å². The summed E-state index contributed by atoms with van der Waals surface area (Å²) in [4.78, 5) is 10.7. The number of ether oxygens (including phenoxy) is 1. The number of carboxylic acids is 1. The lowest BCUT2D eigenvalue weighted by molar-refractivity contribution is -0.147. The Morgan fingerprint density at radius 3 is 2.93 bits per heavy atom. The molecule has 0 saturated carbocycles. The number of fused-ring (bicyclic) bond motifs is 1. The topological polar surface area (TPSA) is 66.8 Å². The zero-order valence-electron chi connectivity index (χ0n) is 7.68. The van der Waals surface area contributed by atoms with E-state index in [2.05, 4.69) is 0 Å². The van der Waals surface area contributed by atoms with Crippen LogP contribution in [0.1, 0.15) is 18.1 Å². The Labute approximate surface area is 84.9 Å². The summed E-state index contributed by atoms with van der Waals surface area (Å²) in [5.74, 6) is -1.59. The molecule has 0 spiro atoms. The normalized spacial score (nSPS) is 24.1. The Kier molecular flexibility index (Phi) is 2.32. The number of rotatable bonds is 1. The predicted molar refractivity (Wildman–Crippen MR) is 48.0 cm³/mol. The molecule has 15 heavy (non-hydrogen) atoms. The highest BCUT2D eigenvalue weighted by Crippen LogP contribution is 2.35. The zero-order valence-corrected chi connectivity index (χ0v) is 7.68. The van der Waals surface area contributed by atoms with E-state index in [0.29, 0.717) is 5.56 Å². The summed E-state index contributed by atoms with van der Waals surface area (Å²) in [5.41, 5.74) is 0.425. The van der Waals surface area contributed by atoms with Crippen LogP contribution in [-0.4, -0.2) is 22.3 Å². The van der Waals surface area contributed by atoms with E-state index in [1.807, 2.05) is 0 Å². The molecule has 1 aromatic rings. The lowest BCUT2D eigenvalue weighted by Gasteiger charge is -2.26. The zero-order chi connectivity index (χ0) is 11.0. The number of aliphatic hydroxyl groups is 1. The molecule has 0 fully saturated rings. The lowest BCUT2D eigenvalue weighted by atomic mass is 9.99. The van der Waals surface area contributed by atoms with E-state index in [4.69, 9.17) is 9.84 Å². The number of hydrogen-bond donors (Lipinski definition) is 2. The first-order chi connectivity index (χ1) is 7.08. The second kappa shape index (κ2) is 3.51.